The SMILES string of the molecule is COc1ccccc1NC(=O)NCCN1CCOCC1. The highest BCUT2D eigenvalue weighted by atomic mass is 16.5. The first-order chi connectivity index (χ1) is 9.79. The van der Waals surface area contributed by atoms with Crippen molar-refractivity contribution >= 4 is 11.7 Å². The summed E-state index contributed by atoms with van der Waals surface area (Å²) in [6.45, 7) is 4.84. The number of ether oxygens (including phenoxy) is 2. The van der Waals surface area contributed by atoms with E-state index in [2.05, 4.69) is 15.5 Å². The van der Waals surface area contributed by atoms with Gasteiger partial charge in [-0.2, -0.15) is 0 Å². The third-order valence-corrected chi connectivity index (χ3v) is 3.17. The Morgan fingerprint density at radius 3 is 2.85 bits per heavy atom. The summed E-state index contributed by atoms with van der Waals surface area (Å²) < 4.78 is 10.5. The van der Waals surface area contributed by atoms with Crippen LogP contribution in [0.15, 0.2) is 24.3 Å². The van der Waals surface area contributed by atoms with Gasteiger partial charge in [-0.05, 0) is 12.1 Å². The summed E-state index contributed by atoms with van der Waals surface area (Å²) in [5.41, 5.74) is 0.666. The molecule has 2 rings (SSSR count). The van der Waals surface area contributed by atoms with Crippen molar-refractivity contribution in [3.05, 3.63) is 24.3 Å². The molecule has 0 aliphatic carbocycles. The van der Waals surface area contributed by atoms with E-state index < -0.39 is 0 Å². The lowest BCUT2D eigenvalue weighted by molar-refractivity contribution is 0.0388. The molecule has 2 amide bonds. The molecule has 1 aromatic rings. The Labute approximate surface area is 119 Å². The molecule has 0 spiro atoms. The minimum Gasteiger partial charge on any atom is -0.495 e. The van der Waals surface area contributed by atoms with Crippen molar-refractivity contribution in [2.24, 2.45) is 0 Å². The number of benzene rings is 1. The third-order valence-electron chi connectivity index (χ3n) is 3.17. The molecule has 6 heteroatoms. The van der Waals surface area contributed by atoms with Gasteiger partial charge in [0.25, 0.3) is 0 Å². The molecule has 0 unspecified atom stereocenters. The molecule has 2 N–H and O–H groups in total. The normalized spacial score (nSPS) is 15.7. The average molecular weight is 279 g/mol. The second-order valence-corrected chi connectivity index (χ2v) is 4.54. The van der Waals surface area contributed by atoms with Crippen LogP contribution in [0.2, 0.25) is 0 Å². The first kappa shape index (κ1) is 14.6. The molecule has 1 heterocycles. The fraction of sp³-hybridized carbons (Fsp3) is 0.500. The molecule has 0 atom stereocenters. The first-order valence-corrected chi connectivity index (χ1v) is 6.77. The van der Waals surface area contributed by atoms with Gasteiger partial charge in [0.1, 0.15) is 5.75 Å². The molecular formula is C14H21N3O3. The lowest BCUT2D eigenvalue weighted by atomic mass is 10.3. The summed E-state index contributed by atoms with van der Waals surface area (Å²) in [5, 5.41) is 5.62. The van der Waals surface area contributed by atoms with E-state index in [1.807, 2.05) is 18.2 Å². The Hall–Kier alpha value is -1.79. The lowest BCUT2D eigenvalue weighted by Gasteiger charge is -2.26. The number of para-hydroxylation sites is 2. The van der Waals surface area contributed by atoms with E-state index >= 15 is 0 Å². The Bertz CT molecular complexity index is 433. The van der Waals surface area contributed by atoms with Crippen LogP contribution in [-0.2, 0) is 4.74 Å². The number of amides is 2. The molecule has 0 bridgehead atoms. The molecule has 1 aliphatic heterocycles. The van der Waals surface area contributed by atoms with Crippen LogP contribution in [0.5, 0.6) is 5.75 Å². The van der Waals surface area contributed by atoms with Gasteiger partial charge in [-0.25, -0.2) is 4.79 Å². The van der Waals surface area contributed by atoms with Crippen molar-refractivity contribution in [1.82, 2.24) is 10.2 Å². The van der Waals surface area contributed by atoms with E-state index in [1.165, 1.54) is 0 Å². The fourth-order valence-corrected chi connectivity index (χ4v) is 2.07. The molecule has 20 heavy (non-hydrogen) atoms. The van der Waals surface area contributed by atoms with Crippen molar-refractivity contribution in [2.75, 3.05) is 51.8 Å². The Balaban J connectivity index is 1.72. The molecule has 1 fully saturated rings. The highest BCUT2D eigenvalue weighted by Gasteiger charge is 2.10. The number of anilines is 1. The highest BCUT2D eigenvalue weighted by molar-refractivity contribution is 5.90. The van der Waals surface area contributed by atoms with Gasteiger partial charge >= 0.3 is 6.03 Å². The van der Waals surface area contributed by atoms with Crippen molar-refractivity contribution in [2.45, 2.75) is 0 Å². The number of morpholine rings is 1. The van der Waals surface area contributed by atoms with E-state index in [0.717, 1.165) is 32.8 Å². The van der Waals surface area contributed by atoms with Crippen LogP contribution in [0.3, 0.4) is 0 Å². The summed E-state index contributed by atoms with van der Waals surface area (Å²) in [6.07, 6.45) is 0. The van der Waals surface area contributed by atoms with Crippen LogP contribution in [0.1, 0.15) is 0 Å². The van der Waals surface area contributed by atoms with Gasteiger partial charge in [0.2, 0.25) is 0 Å². The van der Waals surface area contributed by atoms with Crippen molar-refractivity contribution in [3.63, 3.8) is 0 Å². The molecule has 110 valence electrons. The zero-order chi connectivity index (χ0) is 14.2. The first-order valence-electron chi connectivity index (χ1n) is 6.77. The highest BCUT2D eigenvalue weighted by Crippen LogP contribution is 2.22. The van der Waals surface area contributed by atoms with Crippen molar-refractivity contribution in [1.29, 1.82) is 0 Å². The molecule has 0 saturated carbocycles. The van der Waals surface area contributed by atoms with Crippen LogP contribution in [0.4, 0.5) is 10.5 Å². The molecule has 1 saturated heterocycles. The number of nitrogens with one attached hydrogen (secondary N) is 2. The predicted molar refractivity (Wildman–Crippen MR) is 77.3 cm³/mol. The standard InChI is InChI=1S/C14H21N3O3/c1-19-13-5-3-2-4-12(13)16-14(18)15-6-7-17-8-10-20-11-9-17/h2-5H,6-11H2,1H3,(H2,15,16,18). The van der Waals surface area contributed by atoms with E-state index in [-0.39, 0.29) is 6.03 Å². The second kappa shape index (κ2) is 7.72. The topological polar surface area (TPSA) is 62.8 Å². The summed E-state index contributed by atoms with van der Waals surface area (Å²) in [4.78, 5) is 14.1. The van der Waals surface area contributed by atoms with Gasteiger partial charge < -0.3 is 20.1 Å². The number of hydrogen-bond donors (Lipinski definition) is 2. The maximum absolute atomic E-state index is 11.8. The summed E-state index contributed by atoms with van der Waals surface area (Å²) >= 11 is 0. The lowest BCUT2D eigenvalue weighted by Crippen LogP contribution is -2.42. The largest absolute Gasteiger partial charge is 0.495 e. The van der Waals surface area contributed by atoms with E-state index in [0.29, 0.717) is 18.0 Å². The number of methoxy groups -OCH3 is 1. The second-order valence-electron chi connectivity index (χ2n) is 4.54. The van der Waals surface area contributed by atoms with Gasteiger partial charge in [0.05, 0.1) is 26.0 Å². The number of urea groups is 1. The van der Waals surface area contributed by atoms with Crippen LogP contribution in [0.25, 0.3) is 0 Å². The number of hydrogen-bond acceptors (Lipinski definition) is 4. The summed E-state index contributed by atoms with van der Waals surface area (Å²) in [6, 6.07) is 7.11. The number of nitrogens with zero attached hydrogens (tertiary/aromatic N) is 1. The number of carbonyl (C=O) groups excluding carboxylic acids is 1. The molecule has 6 nitrogen and oxygen atoms in total. The minimum absolute atomic E-state index is 0.220. The average Bonchev–Trinajstić information content (AvgIpc) is 2.49. The Morgan fingerprint density at radius 2 is 2.10 bits per heavy atom. The van der Waals surface area contributed by atoms with E-state index in [1.54, 1.807) is 13.2 Å². The summed E-state index contributed by atoms with van der Waals surface area (Å²) in [7, 11) is 1.58. The van der Waals surface area contributed by atoms with Gasteiger partial charge in [0, 0.05) is 26.2 Å². The van der Waals surface area contributed by atoms with Crippen molar-refractivity contribution in [3.8, 4) is 5.75 Å². The smallest absolute Gasteiger partial charge is 0.319 e. The van der Waals surface area contributed by atoms with Crippen molar-refractivity contribution < 1.29 is 14.3 Å². The minimum atomic E-state index is -0.220. The Morgan fingerprint density at radius 1 is 1.35 bits per heavy atom. The Kier molecular flexibility index (Phi) is 5.64. The summed E-state index contributed by atoms with van der Waals surface area (Å²) in [5.74, 6) is 0.649. The quantitative estimate of drug-likeness (QED) is 0.848. The van der Waals surface area contributed by atoms with Gasteiger partial charge in [-0.3, -0.25) is 4.90 Å². The molecule has 0 radical (unpaired) electrons. The van der Waals surface area contributed by atoms with Gasteiger partial charge in [0.15, 0.2) is 0 Å². The third kappa shape index (κ3) is 4.40. The van der Waals surface area contributed by atoms with Gasteiger partial charge in [-0.15, -0.1) is 0 Å². The maximum Gasteiger partial charge on any atom is 0.319 e. The van der Waals surface area contributed by atoms with E-state index in [4.69, 9.17) is 9.47 Å². The molecular weight excluding hydrogens is 258 g/mol. The zero-order valence-electron chi connectivity index (χ0n) is 11.7. The molecule has 1 aliphatic rings. The molecule has 1 aromatic carbocycles. The van der Waals surface area contributed by atoms with Crippen LogP contribution >= 0.6 is 0 Å². The predicted octanol–water partition coefficient (Wildman–Crippen LogP) is 1.15. The van der Waals surface area contributed by atoms with Crippen LogP contribution in [-0.4, -0.2) is 57.4 Å². The monoisotopic (exact) mass is 279 g/mol. The van der Waals surface area contributed by atoms with Gasteiger partial charge in [-0.1, -0.05) is 12.1 Å². The fourth-order valence-electron chi connectivity index (χ4n) is 2.07. The zero-order valence-corrected chi connectivity index (χ0v) is 11.7. The number of rotatable bonds is 5. The van der Waals surface area contributed by atoms with Crippen LogP contribution in [0, 0.1) is 0 Å². The van der Waals surface area contributed by atoms with E-state index in [9.17, 15) is 4.79 Å². The maximum atomic E-state index is 11.8. The van der Waals surface area contributed by atoms with Crippen LogP contribution < -0.4 is 15.4 Å². The molecule has 0 aromatic heterocycles. The number of carbonyl (C=O) groups is 1.